The molecule has 1 fully saturated rings. The molecule has 0 aromatic rings. The Bertz CT molecular complexity index is 1230. The lowest BCUT2D eigenvalue weighted by Gasteiger charge is -2.25. The summed E-state index contributed by atoms with van der Waals surface area (Å²) in [4.78, 5) is 69.0. The monoisotopic (exact) mass is 752 g/mol. The van der Waals surface area contributed by atoms with Gasteiger partial charge < -0.3 is 40.5 Å². The number of carbonyl (C=O) groups is 6. The number of ether oxygens (including phenoxy) is 1. The van der Waals surface area contributed by atoms with Gasteiger partial charge in [-0.25, -0.2) is 0 Å². The third-order valence-electron chi connectivity index (χ3n) is 5.25. The number of morpholine rings is 1. The maximum Gasteiger partial charge on any atom is 0.269 e. The van der Waals surface area contributed by atoms with Crippen LogP contribution >= 0.6 is 0 Å². The highest BCUT2D eigenvalue weighted by atomic mass is 16.5. The van der Waals surface area contributed by atoms with E-state index >= 15 is 0 Å². The number of nitrogens with one attached hydrogen (secondary N) is 3. The maximum atomic E-state index is 10.9. The predicted octanol–water partition coefficient (Wildman–Crippen LogP) is 1.68. The van der Waals surface area contributed by atoms with Crippen LogP contribution in [-0.4, -0.2) is 147 Å². The van der Waals surface area contributed by atoms with E-state index in [2.05, 4.69) is 60.3 Å². The average molecular weight is 752 g/mol. The quantitative estimate of drug-likeness (QED) is 0.0943. The minimum absolute atomic E-state index is 0. The number of aliphatic hydroxyl groups excluding tert-OH is 1. The Labute approximate surface area is 323 Å². The molecule has 1 saturated heterocycles. The molecule has 6 amide bonds. The molecule has 0 radical (unpaired) electrons. The highest BCUT2D eigenvalue weighted by Gasteiger charge is 2.12. The van der Waals surface area contributed by atoms with Gasteiger partial charge in [0, 0.05) is 64.1 Å². The van der Waals surface area contributed by atoms with E-state index in [4.69, 9.17) is 22.7 Å². The lowest BCUT2D eigenvalue weighted by Crippen LogP contribution is -2.39. The Morgan fingerprint density at radius 1 is 0.774 bits per heavy atom. The van der Waals surface area contributed by atoms with E-state index in [1.165, 1.54) is 29.2 Å². The molecule has 0 saturated carbocycles. The first-order chi connectivity index (χ1) is 24.9. The van der Waals surface area contributed by atoms with Crippen molar-refractivity contribution in [2.75, 3.05) is 80.7 Å². The molecule has 4 N–H and O–H groups in total. The van der Waals surface area contributed by atoms with Gasteiger partial charge in [-0.15, -0.1) is 0 Å². The molecule has 1 aliphatic heterocycles. The largest absolute Gasteiger partial charge is 0.395 e. The molecule has 0 bridgehead atoms. The van der Waals surface area contributed by atoms with E-state index in [0.29, 0.717) is 32.8 Å². The molecule has 1 aliphatic rings. The Morgan fingerprint density at radius 2 is 1.23 bits per heavy atom. The summed E-state index contributed by atoms with van der Waals surface area (Å²) < 4.78 is 5.07. The van der Waals surface area contributed by atoms with Crippen LogP contribution in [0.1, 0.15) is 26.0 Å². The molecule has 1 rings (SSSR count). The van der Waals surface area contributed by atoms with E-state index in [1.54, 1.807) is 19.0 Å². The van der Waals surface area contributed by atoms with Gasteiger partial charge in [0.05, 0.1) is 19.8 Å². The second kappa shape index (κ2) is 40.7. The van der Waals surface area contributed by atoms with Gasteiger partial charge in [-0.2, -0.15) is 4.90 Å². The molecule has 15 nitrogen and oxygen atoms in total. The van der Waals surface area contributed by atoms with Crippen molar-refractivity contribution >= 4 is 35.4 Å². The Kier molecular flexibility index (Phi) is 43.5. The van der Waals surface area contributed by atoms with E-state index < -0.39 is 5.91 Å². The summed E-state index contributed by atoms with van der Waals surface area (Å²) in [6, 6.07) is 4.17. The zero-order chi connectivity index (χ0) is 42.2. The third kappa shape index (κ3) is 44.2. The highest BCUT2D eigenvalue weighted by Crippen LogP contribution is 1.96. The van der Waals surface area contributed by atoms with Crippen molar-refractivity contribution in [2.45, 2.75) is 26.3 Å². The minimum atomic E-state index is -0.458. The van der Waals surface area contributed by atoms with Crippen LogP contribution in [0.3, 0.4) is 0 Å². The Hall–Kier alpha value is -5.74. The van der Waals surface area contributed by atoms with Gasteiger partial charge in [0.15, 0.2) is 0 Å². The van der Waals surface area contributed by atoms with Crippen LogP contribution in [0.4, 0.5) is 0 Å². The van der Waals surface area contributed by atoms with Crippen LogP contribution in [0.25, 0.3) is 0 Å². The van der Waals surface area contributed by atoms with E-state index in [-0.39, 0.29) is 47.9 Å². The summed E-state index contributed by atoms with van der Waals surface area (Å²) in [5, 5.41) is 15.9. The SMILES string of the molecule is C#CN(C#C)C(=O)C=C.C=CC(=O)N(C)C.C=CC(=O)N1CCOCC1.C=CC(=O)NC(C)C.C=CC(=O)NCCCN(C)C.C=CC(=O)NCCO.[HH].[HH].[HH].[HH]. The first-order valence-electron chi connectivity index (χ1n) is 16.1. The lowest BCUT2D eigenvalue weighted by molar-refractivity contribution is -0.130. The highest BCUT2D eigenvalue weighted by molar-refractivity contribution is 5.90. The lowest BCUT2D eigenvalue weighted by atomic mass is 10.4. The molecule has 0 aromatic heterocycles. The fraction of sp³-hybridized carbons (Fsp3) is 0.421. The van der Waals surface area contributed by atoms with Crippen LogP contribution in [0.15, 0.2) is 75.9 Å². The van der Waals surface area contributed by atoms with Gasteiger partial charge in [-0.3, -0.25) is 28.8 Å². The van der Waals surface area contributed by atoms with Crippen LogP contribution in [-0.2, 0) is 33.5 Å². The van der Waals surface area contributed by atoms with Crippen molar-refractivity contribution < 1.29 is 44.3 Å². The number of amides is 6. The molecule has 0 aliphatic carbocycles. The fourth-order valence-corrected chi connectivity index (χ4v) is 2.62. The fourth-order valence-electron chi connectivity index (χ4n) is 2.62. The van der Waals surface area contributed by atoms with Crippen LogP contribution < -0.4 is 16.0 Å². The second-order valence-electron chi connectivity index (χ2n) is 10.5. The molecule has 0 atom stereocenters. The number of rotatable bonds is 13. The first-order valence-corrected chi connectivity index (χ1v) is 16.1. The molecular formula is C38H69N7O8. The number of hydrogen-bond donors (Lipinski definition) is 4. The van der Waals surface area contributed by atoms with Gasteiger partial charge in [-0.1, -0.05) is 52.3 Å². The van der Waals surface area contributed by atoms with E-state index in [1.807, 2.05) is 40.0 Å². The summed E-state index contributed by atoms with van der Waals surface area (Å²) in [5.74, 6) is -0.967. The molecule has 53 heavy (non-hydrogen) atoms. The summed E-state index contributed by atoms with van der Waals surface area (Å²) in [6.07, 6.45) is 18.0. The van der Waals surface area contributed by atoms with Gasteiger partial charge in [-0.05, 0) is 77.4 Å². The molecule has 15 heteroatoms. The van der Waals surface area contributed by atoms with Gasteiger partial charge in [0.1, 0.15) is 0 Å². The van der Waals surface area contributed by atoms with E-state index in [9.17, 15) is 28.8 Å². The Morgan fingerprint density at radius 3 is 1.49 bits per heavy atom. The molecule has 304 valence electrons. The van der Waals surface area contributed by atoms with Crippen LogP contribution in [0, 0.1) is 24.9 Å². The molecule has 1 heterocycles. The molecule has 0 unspecified atom stereocenters. The summed E-state index contributed by atoms with van der Waals surface area (Å²) in [5.41, 5.74) is 0. The molecule has 0 spiro atoms. The number of aliphatic hydroxyl groups is 1. The average Bonchev–Trinajstić information content (AvgIpc) is 3.16. The molecule has 0 aromatic carbocycles. The summed E-state index contributed by atoms with van der Waals surface area (Å²) in [6.45, 7) is 28.3. The van der Waals surface area contributed by atoms with Crippen LogP contribution in [0.2, 0.25) is 0 Å². The topological polar surface area (TPSA) is 181 Å². The first kappa shape index (κ1) is 56.6. The minimum Gasteiger partial charge on any atom is -0.395 e. The molecular weight excluding hydrogens is 682 g/mol. The van der Waals surface area contributed by atoms with Crippen molar-refractivity contribution in [3.63, 3.8) is 0 Å². The number of likely N-dealkylation sites (N-methyl/N-ethyl adjacent to an activating group) is 1. The van der Waals surface area contributed by atoms with E-state index in [0.717, 1.165) is 36.6 Å². The van der Waals surface area contributed by atoms with Gasteiger partial charge >= 0.3 is 0 Å². The third-order valence-corrected chi connectivity index (χ3v) is 5.25. The number of carbonyl (C=O) groups excluding carboxylic acids is 6. The van der Waals surface area contributed by atoms with Crippen molar-refractivity contribution in [2.24, 2.45) is 0 Å². The number of nitrogens with zero attached hydrogens (tertiary/aromatic N) is 4. The van der Waals surface area contributed by atoms with Crippen LogP contribution in [0.5, 0.6) is 0 Å². The predicted molar refractivity (Wildman–Crippen MR) is 220 cm³/mol. The summed E-state index contributed by atoms with van der Waals surface area (Å²) in [7, 11) is 7.39. The van der Waals surface area contributed by atoms with Gasteiger partial charge in [0.25, 0.3) is 5.91 Å². The van der Waals surface area contributed by atoms with Crippen molar-refractivity contribution in [1.29, 1.82) is 0 Å². The second-order valence-corrected chi connectivity index (χ2v) is 10.5. The zero-order valence-electron chi connectivity index (χ0n) is 32.4. The van der Waals surface area contributed by atoms with Crippen molar-refractivity contribution in [3.8, 4) is 24.9 Å². The smallest absolute Gasteiger partial charge is 0.269 e. The standard InChI is InChI=1S/C8H16N2O.C7H11NO2.C7H5NO.C6H11NO.C5H9NO2.C5H9NO.4H2/c1-4-8(11)9-6-5-7-10(2)3;1-2-7(9)8-3-5-10-6-4-8;1-4-7(9)8(5-2)6-3;1-4-6(8)7-5(2)3;1-2-5(8)6-3-4-7;1-4-5(7)6(2)3;;;;/h4H,1,5-7H2,2-3H3,(H,9,11);2H,1,3-6H2;2-4H,1H2;4-5H,1H2,2-3H3,(H,7,8);2,7H,1,3-4H2,(H,6,8);4H,1H2,2-3H3;4*1H. The number of terminal acetylenes is 2. The maximum absolute atomic E-state index is 10.9. The van der Waals surface area contributed by atoms with Crippen molar-refractivity contribution in [3.05, 3.63) is 75.9 Å². The number of hydrogen-bond acceptors (Lipinski definition) is 9. The normalized spacial score (nSPS) is 10.2. The summed E-state index contributed by atoms with van der Waals surface area (Å²) >= 11 is 0. The Balaban J connectivity index is -0.0000000687. The van der Waals surface area contributed by atoms with Gasteiger partial charge in [0.2, 0.25) is 29.5 Å². The zero-order valence-corrected chi connectivity index (χ0v) is 32.4. The van der Waals surface area contributed by atoms with Crippen molar-refractivity contribution in [1.82, 2.24) is 35.6 Å².